The molecule has 0 aromatic rings. The first-order valence-corrected chi connectivity index (χ1v) is 19.3. The number of carbonyl (C=O) groups is 3. The van der Waals surface area contributed by atoms with Crippen LogP contribution in [0.25, 0.3) is 0 Å². The smallest absolute Gasteiger partial charge is 0.305 e. The zero-order valence-electron chi connectivity index (χ0n) is 25.4. The molecule has 0 aromatic heterocycles. The van der Waals surface area contributed by atoms with Crippen LogP contribution in [0, 0.1) is 11.8 Å². The molecule has 0 amide bonds. The third-order valence-electron chi connectivity index (χ3n) is 8.43. The van der Waals surface area contributed by atoms with E-state index in [4.69, 9.17) is 13.6 Å². The van der Waals surface area contributed by atoms with Gasteiger partial charge >= 0.3 is 11.9 Å². The molecule has 0 bridgehead atoms. The molecule has 1 aliphatic carbocycles. The third kappa shape index (κ3) is 10.1. The maximum atomic E-state index is 12.6. The molecular weight excluding hydrogens is 504 g/mol. The van der Waals surface area contributed by atoms with E-state index in [9.17, 15) is 14.4 Å². The summed E-state index contributed by atoms with van der Waals surface area (Å²) in [6.07, 6.45) is 4.88. The molecule has 1 saturated carbocycles. The number of rotatable bonds is 12. The standard InChI is InChI=1S/C28H52O7Si2/c1-20(29)33-18-17-23-22(15-13-21(30)14-16-26(31)32-8)24(34-36(9,10)27(2,3)4)19-25(23)35-37(11,12)28(5,6)7/h13,15,22-25H,14,16-19H2,1-12H3/b15-13+/t22-,23+,24-,25+/m0/s1. The van der Waals surface area contributed by atoms with Crippen LogP contribution in [-0.4, -0.2) is 60.3 Å². The summed E-state index contributed by atoms with van der Waals surface area (Å²) in [6.45, 7) is 24.0. The van der Waals surface area contributed by atoms with Gasteiger partial charge in [0, 0.05) is 19.3 Å². The molecule has 0 radical (unpaired) electrons. The van der Waals surface area contributed by atoms with Gasteiger partial charge in [0.2, 0.25) is 0 Å². The Kier molecular flexibility index (Phi) is 12.0. The lowest BCUT2D eigenvalue weighted by molar-refractivity contribution is -0.142. The van der Waals surface area contributed by atoms with Gasteiger partial charge in [-0.2, -0.15) is 0 Å². The molecule has 4 atom stereocenters. The van der Waals surface area contributed by atoms with Crippen molar-refractivity contribution in [2.24, 2.45) is 11.8 Å². The van der Waals surface area contributed by atoms with Gasteiger partial charge in [-0.3, -0.25) is 14.4 Å². The summed E-state index contributed by atoms with van der Waals surface area (Å²) in [5.74, 6) is -0.860. The van der Waals surface area contributed by atoms with E-state index in [1.807, 2.05) is 6.08 Å². The molecule has 9 heteroatoms. The number of methoxy groups -OCH3 is 1. The Morgan fingerprint density at radius 3 is 1.84 bits per heavy atom. The van der Waals surface area contributed by atoms with Gasteiger partial charge in [-0.05, 0) is 61.1 Å². The van der Waals surface area contributed by atoms with Crippen molar-refractivity contribution < 1.29 is 32.7 Å². The monoisotopic (exact) mass is 556 g/mol. The van der Waals surface area contributed by atoms with E-state index in [1.54, 1.807) is 6.08 Å². The van der Waals surface area contributed by atoms with Crippen molar-refractivity contribution in [3.8, 4) is 0 Å². The molecule has 1 rings (SSSR count). The van der Waals surface area contributed by atoms with E-state index < -0.39 is 22.6 Å². The molecule has 0 heterocycles. The largest absolute Gasteiger partial charge is 0.469 e. The van der Waals surface area contributed by atoms with Crippen LogP contribution in [0.1, 0.15) is 74.1 Å². The highest BCUT2D eigenvalue weighted by atomic mass is 28.4. The Bertz CT molecular complexity index is 821. The van der Waals surface area contributed by atoms with E-state index in [0.717, 1.165) is 6.42 Å². The van der Waals surface area contributed by atoms with Crippen LogP contribution in [0.3, 0.4) is 0 Å². The maximum absolute atomic E-state index is 12.6. The summed E-state index contributed by atoms with van der Waals surface area (Å²) in [5, 5.41) is 0.0736. The fraction of sp³-hybridized carbons (Fsp3) is 0.821. The predicted octanol–water partition coefficient (Wildman–Crippen LogP) is 6.44. The van der Waals surface area contributed by atoms with Crippen LogP contribution < -0.4 is 0 Å². The first kappa shape index (κ1) is 33.7. The summed E-state index contributed by atoms with van der Waals surface area (Å²) < 4.78 is 23.9. The molecule has 0 unspecified atom stereocenters. The molecule has 0 spiro atoms. The minimum absolute atomic E-state index is 0.0310. The Balaban J connectivity index is 3.36. The normalized spacial score (nSPS) is 23.4. The van der Waals surface area contributed by atoms with Crippen LogP contribution in [0.5, 0.6) is 0 Å². The number of hydrogen-bond donors (Lipinski definition) is 0. The summed E-state index contributed by atoms with van der Waals surface area (Å²) in [4.78, 5) is 35.6. The minimum atomic E-state index is -2.12. The van der Waals surface area contributed by atoms with Gasteiger partial charge < -0.3 is 18.3 Å². The number of ketones is 1. The molecule has 0 aliphatic heterocycles. The minimum Gasteiger partial charge on any atom is -0.469 e. The number of allylic oxidation sites excluding steroid dienone is 1. The molecule has 37 heavy (non-hydrogen) atoms. The van der Waals surface area contributed by atoms with E-state index in [2.05, 4.69) is 72.5 Å². The van der Waals surface area contributed by atoms with Crippen LogP contribution in [0.15, 0.2) is 12.2 Å². The molecule has 1 fully saturated rings. The molecule has 0 aromatic carbocycles. The van der Waals surface area contributed by atoms with Crippen molar-refractivity contribution in [3.63, 3.8) is 0 Å². The Hall–Kier alpha value is -1.30. The SMILES string of the molecule is COC(=O)CCC(=O)/C=C/[C@H]1[C@@H](CCOC(C)=O)[C@H](O[Si](C)(C)C(C)(C)C)C[C@@H]1O[Si](C)(C)C(C)(C)C. The summed E-state index contributed by atoms with van der Waals surface area (Å²) in [6, 6.07) is 0. The van der Waals surface area contributed by atoms with E-state index in [-0.39, 0.29) is 58.7 Å². The number of hydrogen-bond acceptors (Lipinski definition) is 7. The van der Waals surface area contributed by atoms with Crippen molar-refractivity contribution in [1.29, 1.82) is 0 Å². The highest BCUT2D eigenvalue weighted by Gasteiger charge is 2.50. The van der Waals surface area contributed by atoms with Gasteiger partial charge in [0.15, 0.2) is 22.4 Å². The average molecular weight is 557 g/mol. The molecule has 7 nitrogen and oxygen atoms in total. The van der Waals surface area contributed by atoms with Gasteiger partial charge in [0.25, 0.3) is 0 Å². The van der Waals surface area contributed by atoms with E-state index >= 15 is 0 Å². The van der Waals surface area contributed by atoms with Gasteiger partial charge in [-0.1, -0.05) is 47.6 Å². The van der Waals surface area contributed by atoms with Gasteiger partial charge in [0.05, 0.1) is 32.3 Å². The van der Waals surface area contributed by atoms with E-state index in [1.165, 1.54) is 14.0 Å². The van der Waals surface area contributed by atoms with Crippen molar-refractivity contribution in [1.82, 2.24) is 0 Å². The van der Waals surface area contributed by atoms with E-state index in [0.29, 0.717) is 13.0 Å². The second-order valence-electron chi connectivity index (χ2n) is 13.3. The Morgan fingerprint density at radius 1 is 0.865 bits per heavy atom. The maximum Gasteiger partial charge on any atom is 0.305 e. The van der Waals surface area contributed by atoms with Crippen molar-refractivity contribution in [2.75, 3.05) is 13.7 Å². The van der Waals surface area contributed by atoms with Crippen molar-refractivity contribution in [3.05, 3.63) is 12.2 Å². The van der Waals surface area contributed by atoms with Crippen molar-refractivity contribution >= 4 is 34.4 Å². The lowest BCUT2D eigenvalue weighted by Crippen LogP contribution is -2.45. The number of ether oxygens (including phenoxy) is 2. The first-order chi connectivity index (χ1) is 16.7. The third-order valence-corrected chi connectivity index (χ3v) is 17.4. The lowest BCUT2D eigenvalue weighted by Gasteiger charge is -2.40. The topological polar surface area (TPSA) is 88.1 Å². The van der Waals surface area contributed by atoms with Gasteiger partial charge in [0.1, 0.15) is 0 Å². The molecule has 0 saturated heterocycles. The van der Waals surface area contributed by atoms with Crippen LogP contribution >= 0.6 is 0 Å². The molecule has 1 aliphatic rings. The summed E-state index contributed by atoms with van der Waals surface area (Å²) >= 11 is 0. The van der Waals surface area contributed by atoms with Gasteiger partial charge in [-0.25, -0.2) is 0 Å². The number of esters is 2. The Labute approximate surface area is 227 Å². The highest BCUT2D eigenvalue weighted by molar-refractivity contribution is 6.74. The number of carbonyl (C=O) groups excluding carboxylic acids is 3. The zero-order valence-corrected chi connectivity index (χ0v) is 27.4. The van der Waals surface area contributed by atoms with Crippen LogP contribution in [0.2, 0.25) is 36.3 Å². The predicted molar refractivity (Wildman–Crippen MR) is 152 cm³/mol. The summed E-state index contributed by atoms with van der Waals surface area (Å²) in [7, 11) is -2.89. The second-order valence-corrected chi connectivity index (χ2v) is 22.9. The van der Waals surface area contributed by atoms with Gasteiger partial charge in [-0.15, -0.1) is 0 Å². The van der Waals surface area contributed by atoms with Crippen molar-refractivity contribution in [2.45, 2.75) is 123 Å². The van der Waals surface area contributed by atoms with Crippen LogP contribution in [-0.2, 0) is 32.7 Å². The highest BCUT2D eigenvalue weighted by Crippen LogP contribution is 2.47. The summed E-state index contributed by atoms with van der Waals surface area (Å²) in [5.41, 5.74) is 0. The zero-order chi connectivity index (χ0) is 28.8. The molecule has 0 N–H and O–H groups in total. The molecular formula is C28H52O7Si2. The lowest BCUT2D eigenvalue weighted by atomic mass is 9.90. The second kappa shape index (κ2) is 13.2. The Morgan fingerprint density at radius 2 is 1.38 bits per heavy atom. The average Bonchev–Trinajstić information content (AvgIpc) is 3.03. The first-order valence-electron chi connectivity index (χ1n) is 13.5. The van der Waals surface area contributed by atoms with Crippen LogP contribution in [0.4, 0.5) is 0 Å². The quantitative estimate of drug-likeness (QED) is 0.155. The molecule has 214 valence electrons. The fourth-order valence-electron chi connectivity index (χ4n) is 4.07. The fourth-order valence-corrected chi connectivity index (χ4v) is 6.82.